The average Bonchev–Trinajstić information content (AvgIpc) is 2.87. The highest BCUT2D eigenvalue weighted by molar-refractivity contribution is 7.11. The fraction of sp³-hybridized carbons (Fsp3) is 0.364. The molecule has 2 heterocycles. The van der Waals surface area contributed by atoms with Crippen LogP contribution in [0.15, 0.2) is 24.5 Å². The van der Waals surface area contributed by atoms with Crippen LogP contribution in [0.25, 0.3) is 0 Å². The molecule has 0 atom stereocenters. The van der Waals surface area contributed by atoms with E-state index in [0.717, 1.165) is 18.8 Å². The standard InChI is InChI=1S/C11H15N3S/c1-2-9-3-4-10(15-9)8-14-6-5-13-11(14)7-12/h3-6H,2,7-8,12H2,1H3. The first-order valence-corrected chi connectivity index (χ1v) is 5.92. The molecule has 2 aromatic rings. The Hall–Kier alpha value is -1.13. The summed E-state index contributed by atoms with van der Waals surface area (Å²) in [5.74, 6) is 0.946. The lowest BCUT2D eigenvalue weighted by Crippen LogP contribution is -2.07. The van der Waals surface area contributed by atoms with Gasteiger partial charge in [0.1, 0.15) is 5.82 Å². The Bertz CT molecular complexity index is 430. The van der Waals surface area contributed by atoms with Crippen LogP contribution >= 0.6 is 11.3 Å². The lowest BCUT2D eigenvalue weighted by atomic mass is 10.3. The summed E-state index contributed by atoms with van der Waals surface area (Å²) >= 11 is 1.86. The van der Waals surface area contributed by atoms with Gasteiger partial charge in [0.15, 0.2) is 0 Å². The smallest absolute Gasteiger partial charge is 0.122 e. The monoisotopic (exact) mass is 221 g/mol. The van der Waals surface area contributed by atoms with Crippen molar-refractivity contribution in [3.8, 4) is 0 Å². The van der Waals surface area contributed by atoms with E-state index in [1.54, 1.807) is 6.20 Å². The summed E-state index contributed by atoms with van der Waals surface area (Å²) in [5, 5.41) is 0. The molecule has 0 saturated heterocycles. The second-order valence-corrected chi connectivity index (χ2v) is 4.65. The molecule has 0 amide bonds. The van der Waals surface area contributed by atoms with Crippen molar-refractivity contribution in [2.75, 3.05) is 0 Å². The number of rotatable bonds is 4. The molecule has 2 rings (SSSR count). The minimum absolute atomic E-state index is 0.499. The van der Waals surface area contributed by atoms with Gasteiger partial charge in [0, 0.05) is 22.1 Å². The lowest BCUT2D eigenvalue weighted by Gasteiger charge is -2.03. The first-order chi connectivity index (χ1) is 7.33. The number of imidazole rings is 1. The van der Waals surface area contributed by atoms with E-state index in [4.69, 9.17) is 5.73 Å². The first-order valence-electron chi connectivity index (χ1n) is 5.11. The Kier molecular flexibility index (Phi) is 3.18. The van der Waals surface area contributed by atoms with Crippen molar-refractivity contribution in [2.45, 2.75) is 26.4 Å². The Labute approximate surface area is 93.6 Å². The summed E-state index contributed by atoms with van der Waals surface area (Å²) in [6, 6.07) is 4.38. The van der Waals surface area contributed by atoms with E-state index in [1.165, 1.54) is 9.75 Å². The minimum atomic E-state index is 0.499. The van der Waals surface area contributed by atoms with Crippen molar-refractivity contribution in [3.63, 3.8) is 0 Å². The molecule has 0 spiro atoms. The number of hydrogen-bond donors (Lipinski definition) is 1. The van der Waals surface area contributed by atoms with Crippen LogP contribution in [0.1, 0.15) is 22.5 Å². The molecule has 0 bridgehead atoms. The molecule has 2 N–H and O–H groups in total. The molecule has 0 unspecified atom stereocenters. The van der Waals surface area contributed by atoms with Crippen LogP contribution in [0, 0.1) is 0 Å². The third kappa shape index (κ3) is 2.27. The highest BCUT2D eigenvalue weighted by Gasteiger charge is 2.03. The van der Waals surface area contributed by atoms with Gasteiger partial charge < -0.3 is 10.3 Å². The number of aryl methyl sites for hydroxylation is 1. The Morgan fingerprint density at radius 1 is 1.40 bits per heavy atom. The Morgan fingerprint density at radius 3 is 2.87 bits per heavy atom. The van der Waals surface area contributed by atoms with Crippen LogP contribution in [0.5, 0.6) is 0 Å². The fourth-order valence-electron chi connectivity index (χ4n) is 1.54. The van der Waals surface area contributed by atoms with E-state index in [9.17, 15) is 0 Å². The lowest BCUT2D eigenvalue weighted by molar-refractivity contribution is 0.732. The predicted octanol–water partition coefficient (Wildman–Crippen LogP) is 2.01. The highest BCUT2D eigenvalue weighted by atomic mass is 32.1. The minimum Gasteiger partial charge on any atom is -0.329 e. The molecule has 2 aromatic heterocycles. The van der Waals surface area contributed by atoms with Gasteiger partial charge in [-0.05, 0) is 18.6 Å². The molecule has 3 nitrogen and oxygen atoms in total. The van der Waals surface area contributed by atoms with Crippen LogP contribution < -0.4 is 5.73 Å². The summed E-state index contributed by atoms with van der Waals surface area (Å²) in [6.45, 7) is 3.56. The van der Waals surface area contributed by atoms with Crippen molar-refractivity contribution in [1.29, 1.82) is 0 Å². The zero-order valence-corrected chi connectivity index (χ0v) is 9.63. The van der Waals surface area contributed by atoms with E-state index < -0.39 is 0 Å². The number of nitrogens with two attached hydrogens (primary N) is 1. The Morgan fingerprint density at radius 2 is 2.20 bits per heavy atom. The van der Waals surface area contributed by atoms with Crippen LogP contribution in [-0.2, 0) is 19.5 Å². The Balaban J connectivity index is 2.14. The van der Waals surface area contributed by atoms with E-state index in [1.807, 2.05) is 17.5 Å². The number of hydrogen-bond acceptors (Lipinski definition) is 3. The van der Waals surface area contributed by atoms with Crippen LogP contribution in [0.2, 0.25) is 0 Å². The maximum Gasteiger partial charge on any atom is 0.122 e. The third-order valence-corrected chi connectivity index (χ3v) is 3.59. The normalized spacial score (nSPS) is 10.8. The zero-order valence-electron chi connectivity index (χ0n) is 8.81. The molecular formula is C11H15N3S. The van der Waals surface area contributed by atoms with Gasteiger partial charge in [0.25, 0.3) is 0 Å². The molecule has 4 heteroatoms. The van der Waals surface area contributed by atoms with Crippen LogP contribution in [0.4, 0.5) is 0 Å². The van der Waals surface area contributed by atoms with Crippen molar-refractivity contribution in [1.82, 2.24) is 9.55 Å². The van der Waals surface area contributed by atoms with Crippen molar-refractivity contribution in [3.05, 3.63) is 40.1 Å². The van der Waals surface area contributed by atoms with E-state index in [2.05, 4.69) is 28.6 Å². The highest BCUT2D eigenvalue weighted by Crippen LogP contribution is 2.18. The largest absolute Gasteiger partial charge is 0.329 e. The molecule has 80 valence electrons. The predicted molar refractivity (Wildman–Crippen MR) is 62.9 cm³/mol. The third-order valence-electron chi connectivity index (χ3n) is 2.38. The van der Waals surface area contributed by atoms with E-state index in [0.29, 0.717) is 6.54 Å². The molecule has 0 aliphatic carbocycles. The molecule has 0 aliphatic rings. The van der Waals surface area contributed by atoms with Crippen LogP contribution in [0.3, 0.4) is 0 Å². The number of nitrogens with zero attached hydrogens (tertiary/aromatic N) is 2. The van der Waals surface area contributed by atoms with E-state index in [-0.39, 0.29) is 0 Å². The maximum atomic E-state index is 5.60. The maximum absolute atomic E-state index is 5.60. The SMILES string of the molecule is CCc1ccc(Cn2ccnc2CN)s1. The molecule has 0 radical (unpaired) electrons. The van der Waals surface area contributed by atoms with Crippen molar-refractivity contribution >= 4 is 11.3 Å². The van der Waals surface area contributed by atoms with Gasteiger partial charge in [-0.1, -0.05) is 6.92 Å². The summed E-state index contributed by atoms with van der Waals surface area (Å²) in [6.07, 6.45) is 4.89. The van der Waals surface area contributed by atoms with Crippen LogP contribution in [-0.4, -0.2) is 9.55 Å². The van der Waals surface area contributed by atoms with Crippen molar-refractivity contribution in [2.24, 2.45) is 5.73 Å². The van der Waals surface area contributed by atoms with Gasteiger partial charge in [-0.2, -0.15) is 0 Å². The second kappa shape index (κ2) is 4.59. The average molecular weight is 221 g/mol. The molecule has 0 saturated carbocycles. The molecular weight excluding hydrogens is 206 g/mol. The number of aromatic nitrogens is 2. The first kappa shape index (κ1) is 10.4. The van der Waals surface area contributed by atoms with Gasteiger partial charge in [-0.3, -0.25) is 0 Å². The molecule has 0 aliphatic heterocycles. The fourth-order valence-corrected chi connectivity index (χ4v) is 2.50. The summed E-state index contributed by atoms with van der Waals surface area (Å²) < 4.78 is 2.10. The van der Waals surface area contributed by atoms with Gasteiger partial charge in [0.2, 0.25) is 0 Å². The topological polar surface area (TPSA) is 43.8 Å². The van der Waals surface area contributed by atoms with E-state index >= 15 is 0 Å². The zero-order chi connectivity index (χ0) is 10.7. The molecule has 15 heavy (non-hydrogen) atoms. The van der Waals surface area contributed by atoms with Gasteiger partial charge in [0.05, 0.1) is 13.1 Å². The summed E-state index contributed by atoms with van der Waals surface area (Å²) in [5.41, 5.74) is 5.60. The molecule has 0 aromatic carbocycles. The summed E-state index contributed by atoms with van der Waals surface area (Å²) in [7, 11) is 0. The van der Waals surface area contributed by atoms with Gasteiger partial charge >= 0.3 is 0 Å². The summed E-state index contributed by atoms with van der Waals surface area (Å²) in [4.78, 5) is 6.99. The molecule has 0 fully saturated rings. The quantitative estimate of drug-likeness (QED) is 0.858. The second-order valence-electron chi connectivity index (χ2n) is 3.40. The van der Waals surface area contributed by atoms with Gasteiger partial charge in [-0.25, -0.2) is 4.98 Å². The van der Waals surface area contributed by atoms with Crippen molar-refractivity contribution < 1.29 is 0 Å². The number of thiophene rings is 1. The van der Waals surface area contributed by atoms with Gasteiger partial charge in [-0.15, -0.1) is 11.3 Å².